The molecule has 1 aromatic rings. The number of imidazole rings is 1. The van der Waals surface area contributed by atoms with Crippen LogP contribution >= 0.6 is 0 Å². The largest absolute Gasteiger partial charge is 1.00 e. The second kappa shape index (κ2) is 10.3. The predicted molar refractivity (Wildman–Crippen MR) is 118 cm³/mol. The maximum absolute atomic E-state index is 13.5. The van der Waals surface area contributed by atoms with Gasteiger partial charge in [-0.05, 0) is 38.0 Å². The molecule has 8 unspecified atom stereocenters. The molecule has 4 saturated heterocycles. The molecule has 2 N–H and O–H groups in total. The van der Waals surface area contributed by atoms with E-state index in [4.69, 9.17) is 14.5 Å². The van der Waals surface area contributed by atoms with E-state index in [1.54, 1.807) is 4.90 Å². The number of aromatic nitrogens is 2. The number of amides is 2. The maximum Gasteiger partial charge on any atom is 1.00 e. The SMILES string of the molecule is CC1CCC2C(C)C(=O)N(CCC(=O)NC(Cc3cnc[nH]3)C(=O)[O-])C3OC4(C)CCC1C23OO4.[Na+]. The number of carbonyl (C=O) groups is 3. The van der Waals surface area contributed by atoms with Gasteiger partial charge in [-0.25, -0.2) is 14.8 Å². The molecule has 0 aromatic carbocycles. The summed E-state index contributed by atoms with van der Waals surface area (Å²) in [6.07, 6.45) is 5.60. The summed E-state index contributed by atoms with van der Waals surface area (Å²) < 4.78 is 6.44. The topological polar surface area (TPSA) is 146 Å². The predicted octanol–water partition coefficient (Wildman–Crippen LogP) is -2.73. The first-order valence-electron chi connectivity index (χ1n) is 12.5. The van der Waals surface area contributed by atoms with E-state index in [2.05, 4.69) is 22.2 Å². The molecule has 192 valence electrons. The molecule has 2 amide bonds. The fraction of sp³-hybridized carbons (Fsp3) is 0.750. The summed E-state index contributed by atoms with van der Waals surface area (Å²) in [6.45, 7) is 6.04. The van der Waals surface area contributed by atoms with Crippen LogP contribution in [0.3, 0.4) is 0 Å². The van der Waals surface area contributed by atoms with Crippen LogP contribution in [0.15, 0.2) is 12.5 Å². The number of ether oxygens (including phenoxy) is 1. The van der Waals surface area contributed by atoms with Crippen LogP contribution in [0, 0.1) is 23.7 Å². The van der Waals surface area contributed by atoms with Gasteiger partial charge in [-0.2, -0.15) is 0 Å². The summed E-state index contributed by atoms with van der Waals surface area (Å²) in [4.78, 5) is 58.2. The summed E-state index contributed by atoms with van der Waals surface area (Å²) >= 11 is 0. The van der Waals surface area contributed by atoms with Gasteiger partial charge in [0.15, 0.2) is 11.8 Å². The van der Waals surface area contributed by atoms with Crippen molar-refractivity contribution in [1.29, 1.82) is 0 Å². The van der Waals surface area contributed by atoms with Gasteiger partial charge in [0.1, 0.15) is 0 Å². The third-order valence-corrected chi connectivity index (χ3v) is 8.54. The van der Waals surface area contributed by atoms with E-state index in [1.165, 1.54) is 12.5 Å². The van der Waals surface area contributed by atoms with Crippen LogP contribution in [0.4, 0.5) is 0 Å². The van der Waals surface area contributed by atoms with E-state index in [9.17, 15) is 19.5 Å². The molecule has 6 rings (SSSR count). The van der Waals surface area contributed by atoms with E-state index in [0.29, 0.717) is 18.0 Å². The summed E-state index contributed by atoms with van der Waals surface area (Å²) in [7, 11) is 0. The zero-order chi connectivity index (χ0) is 25.0. The molecular formula is C24H33N4NaO7. The molecule has 36 heavy (non-hydrogen) atoms. The fourth-order valence-corrected chi connectivity index (χ4v) is 6.68. The van der Waals surface area contributed by atoms with Crippen LogP contribution in [0.5, 0.6) is 0 Å². The van der Waals surface area contributed by atoms with Crippen LogP contribution in [0.1, 0.15) is 58.6 Å². The number of nitrogens with one attached hydrogen (secondary N) is 2. The van der Waals surface area contributed by atoms with Crippen LogP contribution in [-0.2, 0) is 35.3 Å². The molecule has 12 heteroatoms. The Bertz CT molecular complexity index is 993. The summed E-state index contributed by atoms with van der Waals surface area (Å²) in [5, 5.41) is 14.1. The number of hydrogen-bond donors (Lipinski definition) is 2. The smallest absolute Gasteiger partial charge is 0.548 e. The summed E-state index contributed by atoms with van der Waals surface area (Å²) in [5.41, 5.74) is -0.221. The van der Waals surface area contributed by atoms with Crippen LogP contribution in [-0.4, -0.2) is 62.9 Å². The molecule has 5 fully saturated rings. The quantitative estimate of drug-likeness (QED) is 0.296. The first-order valence-corrected chi connectivity index (χ1v) is 12.5. The summed E-state index contributed by atoms with van der Waals surface area (Å²) in [6, 6.07) is -1.22. The van der Waals surface area contributed by atoms with Crippen molar-refractivity contribution in [2.24, 2.45) is 23.7 Å². The van der Waals surface area contributed by atoms with Crippen molar-refractivity contribution in [2.75, 3.05) is 6.54 Å². The van der Waals surface area contributed by atoms with E-state index in [1.807, 2.05) is 13.8 Å². The van der Waals surface area contributed by atoms with E-state index < -0.39 is 35.5 Å². The Morgan fingerprint density at radius 1 is 1.28 bits per heavy atom. The molecule has 2 bridgehead atoms. The van der Waals surface area contributed by atoms with Crippen molar-refractivity contribution < 1.29 is 63.6 Å². The third kappa shape index (κ3) is 4.63. The number of fused-ring (bicyclic) bond motifs is 2. The first-order chi connectivity index (χ1) is 16.6. The molecule has 11 nitrogen and oxygen atoms in total. The van der Waals surface area contributed by atoms with Crippen molar-refractivity contribution in [1.82, 2.24) is 20.2 Å². The van der Waals surface area contributed by atoms with Gasteiger partial charge >= 0.3 is 29.6 Å². The van der Waals surface area contributed by atoms with Crippen molar-refractivity contribution in [2.45, 2.75) is 83.0 Å². The Morgan fingerprint density at radius 2 is 2.06 bits per heavy atom. The second-order valence-electron chi connectivity index (χ2n) is 10.7. The van der Waals surface area contributed by atoms with Crippen LogP contribution < -0.4 is 40.0 Å². The zero-order valence-corrected chi connectivity index (χ0v) is 23.3. The zero-order valence-electron chi connectivity index (χ0n) is 21.3. The number of hydrogen-bond acceptors (Lipinski definition) is 8. The Kier molecular flexibility index (Phi) is 7.91. The van der Waals surface area contributed by atoms with Gasteiger partial charge in [0.2, 0.25) is 17.6 Å². The average Bonchev–Trinajstić information content (AvgIpc) is 3.22. The number of piperidine rings is 1. The van der Waals surface area contributed by atoms with Gasteiger partial charge in [0, 0.05) is 49.5 Å². The van der Waals surface area contributed by atoms with E-state index in [-0.39, 0.29) is 72.6 Å². The van der Waals surface area contributed by atoms with Gasteiger partial charge < -0.3 is 29.8 Å². The Hall–Kier alpha value is -1.50. The standard InChI is InChI=1S/C24H34N4O7.Na/c1-13-4-5-17-14(2)20(30)28(22-24(17)16(13)6-8-23(3,33-22)34-35-24)9-7-19(29)27-18(21(31)32)10-15-11-25-12-26-15;/h11-14,16-18,22H,4-10H2,1-3H3,(H,25,26)(H,27,29)(H,31,32);/q;+1/p-1. The number of H-pyrrole nitrogens is 1. The van der Waals surface area contributed by atoms with Gasteiger partial charge in [-0.1, -0.05) is 13.8 Å². The molecular weight excluding hydrogens is 479 g/mol. The second-order valence-corrected chi connectivity index (χ2v) is 10.7. The Labute approximate surface area is 232 Å². The number of likely N-dealkylation sites (tertiary alicyclic amines) is 1. The van der Waals surface area contributed by atoms with E-state index in [0.717, 1.165) is 19.3 Å². The minimum atomic E-state index is -1.39. The molecule has 1 spiro atoms. The van der Waals surface area contributed by atoms with Crippen molar-refractivity contribution in [3.8, 4) is 0 Å². The van der Waals surface area contributed by atoms with Crippen LogP contribution in [0.2, 0.25) is 0 Å². The molecule has 5 aliphatic rings. The normalized spacial score (nSPS) is 37.9. The number of carbonyl (C=O) groups excluding carboxylic acids is 3. The summed E-state index contributed by atoms with van der Waals surface area (Å²) in [5.74, 6) is -2.73. The van der Waals surface area contributed by atoms with Gasteiger partial charge in [0.25, 0.3) is 0 Å². The fourth-order valence-electron chi connectivity index (χ4n) is 6.68. The number of carboxylic acids is 1. The third-order valence-electron chi connectivity index (χ3n) is 8.54. The van der Waals surface area contributed by atoms with Crippen LogP contribution in [0.25, 0.3) is 0 Å². The molecule has 1 saturated carbocycles. The number of nitrogens with zero attached hydrogens (tertiary/aromatic N) is 2. The minimum absolute atomic E-state index is 0. The minimum Gasteiger partial charge on any atom is -0.548 e. The van der Waals surface area contributed by atoms with Gasteiger partial charge in [-0.3, -0.25) is 9.59 Å². The molecule has 8 atom stereocenters. The molecule has 1 aliphatic carbocycles. The molecule has 5 heterocycles. The maximum atomic E-state index is 13.5. The number of rotatable bonds is 7. The number of aromatic amines is 1. The number of aliphatic carboxylic acids is 1. The number of carboxylic acid groups (broad SMARTS) is 1. The van der Waals surface area contributed by atoms with Crippen molar-refractivity contribution in [3.63, 3.8) is 0 Å². The average molecular weight is 513 g/mol. The monoisotopic (exact) mass is 512 g/mol. The van der Waals surface area contributed by atoms with Crippen molar-refractivity contribution in [3.05, 3.63) is 18.2 Å². The van der Waals surface area contributed by atoms with Gasteiger partial charge in [-0.15, -0.1) is 0 Å². The molecule has 0 radical (unpaired) electrons. The van der Waals surface area contributed by atoms with E-state index >= 15 is 0 Å². The molecule has 1 aromatic heterocycles. The first kappa shape index (κ1) is 27.5. The Morgan fingerprint density at radius 3 is 2.75 bits per heavy atom. The Balaban J connectivity index is 0.00000304. The van der Waals surface area contributed by atoms with Crippen molar-refractivity contribution >= 4 is 17.8 Å². The molecule has 4 aliphatic heterocycles. The van der Waals surface area contributed by atoms with Gasteiger partial charge in [0.05, 0.1) is 18.3 Å².